The first kappa shape index (κ1) is 8.33. The van der Waals surface area contributed by atoms with Crippen molar-refractivity contribution in [3.63, 3.8) is 0 Å². The molecule has 1 aliphatic heterocycles. The number of rotatable bonds is 2. The number of quaternary nitrogens is 1. The largest absolute Gasteiger partial charge is 0.326 e. The van der Waals surface area contributed by atoms with Crippen LogP contribution in [0.25, 0.3) is 0 Å². The van der Waals surface area contributed by atoms with E-state index in [2.05, 4.69) is 54.1 Å². The van der Waals surface area contributed by atoms with Crippen molar-refractivity contribution in [3.8, 4) is 0 Å². The molecule has 0 aliphatic carbocycles. The molecule has 1 unspecified atom stereocenters. The van der Waals surface area contributed by atoms with Gasteiger partial charge in [0.05, 0.1) is 13.2 Å². The Kier molecular flexibility index (Phi) is 2.57. The summed E-state index contributed by atoms with van der Waals surface area (Å²) in [5, 5.41) is 0. The fourth-order valence-corrected chi connectivity index (χ4v) is 1.65. The van der Waals surface area contributed by atoms with E-state index in [9.17, 15) is 0 Å². The van der Waals surface area contributed by atoms with Crippen LogP contribution in [0.4, 0.5) is 0 Å². The molecule has 0 aromatic rings. The van der Waals surface area contributed by atoms with Gasteiger partial charge in [-0.25, -0.2) is 2.70 Å². The maximum absolute atomic E-state index is 2.43. The molecule has 58 valence electrons. The van der Waals surface area contributed by atoms with Gasteiger partial charge in [0.1, 0.15) is 6.20 Å². The van der Waals surface area contributed by atoms with E-state index >= 15 is 0 Å². The Hall–Kier alpha value is 0.230. The molecule has 3 heteroatoms. The Balaban J connectivity index is 2.38. The first-order valence-corrected chi connectivity index (χ1v) is 4.59. The molecule has 0 saturated heterocycles. The monoisotopic (exact) mass is 253 g/mol. The van der Waals surface area contributed by atoms with Crippen molar-refractivity contribution in [2.24, 2.45) is 0 Å². The molecule has 0 aromatic carbocycles. The number of nitrogens with zero attached hydrogens (tertiary/aromatic N) is 2. The minimum atomic E-state index is 0.970. The summed E-state index contributed by atoms with van der Waals surface area (Å²) < 4.78 is 0.970. The highest BCUT2D eigenvalue weighted by Gasteiger charge is 2.23. The number of halogens is 1. The maximum atomic E-state index is 2.43. The second-order valence-electron chi connectivity index (χ2n) is 2.90. The molecule has 0 bridgehead atoms. The van der Waals surface area contributed by atoms with Crippen molar-refractivity contribution in [3.05, 3.63) is 12.4 Å². The van der Waals surface area contributed by atoms with Gasteiger partial charge in [0.2, 0.25) is 0 Å². The van der Waals surface area contributed by atoms with Gasteiger partial charge in [-0.15, -0.1) is 0 Å². The SMILES string of the molecule is CCCN1C=C[N+](C)(I)C1. The van der Waals surface area contributed by atoms with Gasteiger partial charge < -0.3 is 4.90 Å². The van der Waals surface area contributed by atoms with Gasteiger partial charge in [-0.1, -0.05) is 6.92 Å². The quantitative estimate of drug-likeness (QED) is 0.537. The van der Waals surface area contributed by atoms with Crippen LogP contribution >= 0.6 is 22.9 Å². The number of hydrogen-bond donors (Lipinski definition) is 0. The molecule has 0 fully saturated rings. The molecule has 10 heavy (non-hydrogen) atoms. The molecule has 1 aliphatic rings. The summed E-state index contributed by atoms with van der Waals surface area (Å²) in [6.07, 6.45) is 5.65. The lowest BCUT2D eigenvalue weighted by atomic mass is 10.4. The average molecular weight is 253 g/mol. The maximum Gasteiger partial charge on any atom is 0.255 e. The van der Waals surface area contributed by atoms with Crippen LogP contribution in [0.5, 0.6) is 0 Å². The van der Waals surface area contributed by atoms with E-state index in [0.717, 1.165) is 9.37 Å². The molecule has 2 nitrogen and oxygen atoms in total. The smallest absolute Gasteiger partial charge is 0.255 e. The minimum Gasteiger partial charge on any atom is -0.326 e. The van der Waals surface area contributed by atoms with Crippen molar-refractivity contribution in [2.75, 3.05) is 20.3 Å². The third-order valence-electron chi connectivity index (χ3n) is 1.56. The summed E-state index contributed by atoms with van der Waals surface area (Å²) in [5.74, 6) is 0. The Morgan fingerprint density at radius 3 is 2.80 bits per heavy atom. The summed E-state index contributed by atoms with van der Waals surface area (Å²) in [5.41, 5.74) is 0. The van der Waals surface area contributed by atoms with E-state index in [4.69, 9.17) is 0 Å². The van der Waals surface area contributed by atoms with Crippen molar-refractivity contribution in [1.29, 1.82) is 0 Å². The van der Waals surface area contributed by atoms with E-state index in [1.807, 2.05) is 0 Å². The van der Waals surface area contributed by atoms with E-state index < -0.39 is 0 Å². The zero-order valence-corrected chi connectivity index (χ0v) is 8.71. The molecule has 1 atom stereocenters. The Morgan fingerprint density at radius 2 is 2.40 bits per heavy atom. The van der Waals surface area contributed by atoms with Gasteiger partial charge in [-0.05, 0) is 6.42 Å². The van der Waals surface area contributed by atoms with Crippen molar-refractivity contribution in [2.45, 2.75) is 13.3 Å². The van der Waals surface area contributed by atoms with Crippen LogP contribution in [0.15, 0.2) is 12.4 Å². The Bertz CT molecular complexity index is 143. The van der Waals surface area contributed by atoms with Crippen LogP contribution in [0, 0.1) is 0 Å². The topological polar surface area (TPSA) is 3.24 Å². The third kappa shape index (κ3) is 2.12. The first-order chi connectivity index (χ1) is 4.64. The van der Waals surface area contributed by atoms with Gasteiger partial charge in [0.15, 0.2) is 6.67 Å². The molecular weight excluding hydrogens is 239 g/mol. The fraction of sp³-hybridized carbons (Fsp3) is 0.714. The molecule has 0 aromatic heterocycles. The van der Waals surface area contributed by atoms with E-state index in [1.165, 1.54) is 13.0 Å². The zero-order valence-electron chi connectivity index (χ0n) is 6.55. The molecule has 0 radical (unpaired) electrons. The van der Waals surface area contributed by atoms with Crippen LogP contribution in [0.3, 0.4) is 0 Å². The van der Waals surface area contributed by atoms with E-state index in [1.54, 1.807) is 0 Å². The van der Waals surface area contributed by atoms with E-state index in [0.29, 0.717) is 0 Å². The fourth-order valence-electron chi connectivity index (χ4n) is 1.12. The molecule has 0 spiro atoms. The lowest BCUT2D eigenvalue weighted by Crippen LogP contribution is -2.31. The van der Waals surface area contributed by atoms with Crippen molar-refractivity contribution < 1.29 is 2.70 Å². The van der Waals surface area contributed by atoms with Gasteiger partial charge in [0, 0.05) is 6.54 Å². The third-order valence-corrected chi connectivity index (χ3v) is 2.18. The van der Waals surface area contributed by atoms with Crippen LogP contribution in [-0.4, -0.2) is 27.9 Å². The second kappa shape index (κ2) is 3.09. The van der Waals surface area contributed by atoms with Crippen molar-refractivity contribution in [1.82, 2.24) is 4.90 Å². The molecule has 1 heterocycles. The molecular formula is C7H14IN2+. The van der Waals surface area contributed by atoms with Gasteiger partial charge in [-0.2, -0.15) is 0 Å². The highest BCUT2D eigenvalue weighted by atomic mass is 127. The highest BCUT2D eigenvalue weighted by molar-refractivity contribution is 14.1. The Labute approximate surface area is 76.6 Å². The highest BCUT2D eigenvalue weighted by Crippen LogP contribution is 2.20. The molecule has 0 N–H and O–H groups in total. The second-order valence-corrected chi connectivity index (χ2v) is 5.10. The molecule has 1 rings (SSSR count). The summed E-state index contributed by atoms with van der Waals surface area (Å²) in [6.45, 7) is 4.52. The predicted octanol–water partition coefficient (Wildman–Crippen LogP) is 1.94. The summed E-state index contributed by atoms with van der Waals surface area (Å²) in [6, 6.07) is 0. The summed E-state index contributed by atoms with van der Waals surface area (Å²) >= 11 is 2.43. The first-order valence-electron chi connectivity index (χ1n) is 3.62. The zero-order chi connectivity index (χ0) is 7.61. The lowest BCUT2D eigenvalue weighted by Gasteiger charge is -2.19. The van der Waals surface area contributed by atoms with Crippen molar-refractivity contribution >= 4 is 22.9 Å². The van der Waals surface area contributed by atoms with Gasteiger partial charge >= 0.3 is 0 Å². The van der Waals surface area contributed by atoms with Crippen LogP contribution in [-0.2, 0) is 0 Å². The standard InChI is InChI=1S/C7H14IN2/c1-3-4-9-5-6-10(2,8)7-9/h5-6H,3-4,7H2,1-2H3/q+1. The summed E-state index contributed by atoms with van der Waals surface area (Å²) in [4.78, 5) is 2.35. The lowest BCUT2D eigenvalue weighted by molar-refractivity contribution is -0.674. The predicted molar refractivity (Wildman–Crippen MR) is 51.2 cm³/mol. The van der Waals surface area contributed by atoms with Gasteiger partial charge in [0.25, 0.3) is 22.9 Å². The molecule has 0 amide bonds. The molecule has 0 saturated carbocycles. The van der Waals surface area contributed by atoms with Gasteiger partial charge in [-0.3, -0.25) is 0 Å². The number of hydrogen-bond acceptors (Lipinski definition) is 1. The van der Waals surface area contributed by atoms with E-state index in [-0.39, 0.29) is 0 Å². The minimum absolute atomic E-state index is 0.970. The summed E-state index contributed by atoms with van der Waals surface area (Å²) in [7, 11) is 2.20. The van der Waals surface area contributed by atoms with Crippen LogP contribution in [0.1, 0.15) is 13.3 Å². The van der Waals surface area contributed by atoms with Crippen LogP contribution < -0.4 is 0 Å². The van der Waals surface area contributed by atoms with Crippen LogP contribution in [0.2, 0.25) is 0 Å². The Morgan fingerprint density at radius 1 is 1.70 bits per heavy atom. The average Bonchev–Trinajstić information content (AvgIpc) is 2.12. The normalized spacial score (nSPS) is 31.7.